The van der Waals surface area contributed by atoms with Crippen LogP contribution in [0.4, 0.5) is 0 Å². The highest BCUT2D eigenvalue weighted by Crippen LogP contribution is 2.40. The molecule has 0 heterocycles. The molecular formula is C19H24O6. The van der Waals surface area contributed by atoms with E-state index < -0.39 is 23.3 Å². The van der Waals surface area contributed by atoms with Crippen LogP contribution in [0.3, 0.4) is 0 Å². The Morgan fingerprint density at radius 2 is 1.76 bits per heavy atom. The summed E-state index contributed by atoms with van der Waals surface area (Å²) in [6, 6.07) is 5.19. The van der Waals surface area contributed by atoms with Gasteiger partial charge in [-0.15, -0.1) is 0 Å². The fourth-order valence-electron chi connectivity index (χ4n) is 3.24. The van der Waals surface area contributed by atoms with Gasteiger partial charge in [-0.25, -0.2) is 0 Å². The molecule has 0 saturated carbocycles. The quantitative estimate of drug-likeness (QED) is 0.581. The lowest BCUT2D eigenvalue weighted by molar-refractivity contribution is -0.174. The van der Waals surface area contributed by atoms with Crippen LogP contribution in [0.2, 0.25) is 0 Å². The van der Waals surface area contributed by atoms with Crippen LogP contribution < -0.4 is 4.74 Å². The van der Waals surface area contributed by atoms with E-state index in [-0.39, 0.29) is 19.0 Å². The lowest BCUT2D eigenvalue weighted by Gasteiger charge is -2.35. The third kappa shape index (κ3) is 3.38. The first kappa shape index (κ1) is 19.0. The topological polar surface area (TPSA) is 78.9 Å². The molecule has 0 bridgehead atoms. The monoisotopic (exact) mass is 348 g/mol. The maximum atomic E-state index is 13.0. The lowest BCUT2D eigenvalue weighted by Crippen LogP contribution is -2.49. The van der Waals surface area contributed by atoms with Gasteiger partial charge in [-0.05, 0) is 57.4 Å². The van der Waals surface area contributed by atoms with E-state index in [2.05, 4.69) is 0 Å². The molecule has 25 heavy (non-hydrogen) atoms. The largest absolute Gasteiger partial charge is 0.497 e. The molecule has 0 amide bonds. The summed E-state index contributed by atoms with van der Waals surface area (Å²) < 4.78 is 15.4. The van der Waals surface area contributed by atoms with Crippen molar-refractivity contribution in [1.29, 1.82) is 0 Å². The highest BCUT2D eigenvalue weighted by molar-refractivity contribution is 6.10. The Balaban J connectivity index is 2.43. The Morgan fingerprint density at radius 3 is 2.28 bits per heavy atom. The molecule has 6 heteroatoms. The van der Waals surface area contributed by atoms with Gasteiger partial charge in [0, 0.05) is 11.5 Å². The van der Waals surface area contributed by atoms with Crippen LogP contribution in [0, 0.1) is 11.3 Å². The number of fused-ring (bicyclic) bond motifs is 1. The predicted molar refractivity (Wildman–Crippen MR) is 90.5 cm³/mol. The van der Waals surface area contributed by atoms with Crippen molar-refractivity contribution in [3.63, 3.8) is 0 Å². The summed E-state index contributed by atoms with van der Waals surface area (Å²) >= 11 is 0. The second-order valence-electron chi connectivity index (χ2n) is 6.12. The Kier molecular flexibility index (Phi) is 5.82. The van der Waals surface area contributed by atoms with Gasteiger partial charge in [0.15, 0.2) is 11.2 Å². The minimum atomic E-state index is -1.65. The van der Waals surface area contributed by atoms with Crippen LogP contribution in [0.15, 0.2) is 18.2 Å². The first-order valence-electron chi connectivity index (χ1n) is 8.45. The third-order valence-electron chi connectivity index (χ3n) is 4.69. The number of hydrogen-bond acceptors (Lipinski definition) is 6. The lowest BCUT2D eigenvalue weighted by atomic mass is 9.67. The summed E-state index contributed by atoms with van der Waals surface area (Å²) in [6.07, 6.45) is 0.935. The number of hydrogen-bond donors (Lipinski definition) is 0. The van der Waals surface area contributed by atoms with E-state index in [4.69, 9.17) is 14.2 Å². The zero-order valence-electron chi connectivity index (χ0n) is 15.1. The van der Waals surface area contributed by atoms with E-state index in [0.29, 0.717) is 24.2 Å². The molecule has 1 unspecified atom stereocenters. The molecule has 1 aliphatic carbocycles. The van der Waals surface area contributed by atoms with Crippen molar-refractivity contribution < 1.29 is 28.6 Å². The number of methoxy groups -OCH3 is 1. The van der Waals surface area contributed by atoms with Crippen LogP contribution in [-0.4, -0.2) is 38.0 Å². The summed E-state index contributed by atoms with van der Waals surface area (Å²) in [6.45, 7) is 5.02. The van der Waals surface area contributed by atoms with Crippen molar-refractivity contribution in [1.82, 2.24) is 0 Å². The minimum Gasteiger partial charge on any atom is -0.497 e. The van der Waals surface area contributed by atoms with Crippen LogP contribution >= 0.6 is 0 Å². The summed E-state index contributed by atoms with van der Waals surface area (Å²) in [7, 11) is 1.56. The van der Waals surface area contributed by atoms with Crippen molar-refractivity contribution in [2.75, 3.05) is 20.3 Å². The average molecular weight is 348 g/mol. The number of benzene rings is 1. The van der Waals surface area contributed by atoms with Gasteiger partial charge in [0.05, 0.1) is 20.3 Å². The Labute approximate surface area is 147 Å². The van der Waals surface area contributed by atoms with Crippen molar-refractivity contribution >= 4 is 17.7 Å². The van der Waals surface area contributed by atoms with E-state index in [1.807, 2.05) is 6.07 Å². The first-order chi connectivity index (χ1) is 11.9. The fraction of sp³-hybridized carbons (Fsp3) is 0.526. The van der Waals surface area contributed by atoms with E-state index in [0.717, 1.165) is 5.56 Å². The van der Waals surface area contributed by atoms with Gasteiger partial charge in [-0.1, -0.05) is 0 Å². The van der Waals surface area contributed by atoms with Crippen molar-refractivity contribution in [2.45, 2.75) is 33.6 Å². The normalized spacial score (nSPS) is 16.8. The number of ether oxygens (including phenoxy) is 3. The zero-order chi connectivity index (χ0) is 18.6. The fourth-order valence-corrected chi connectivity index (χ4v) is 3.24. The molecule has 0 fully saturated rings. The Bertz CT molecular complexity index is 660. The van der Waals surface area contributed by atoms with E-state index in [9.17, 15) is 14.4 Å². The van der Waals surface area contributed by atoms with Gasteiger partial charge in [-0.3, -0.25) is 14.4 Å². The van der Waals surface area contributed by atoms with Crippen LogP contribution in [-0.2, 0) is 25.5 Å². The predicted octanol–water partition coefficient (Wildman–Crippen LogP) is 2.57. The second kappa shape index (κ2) is 7.68. The average Bonchev–Trinajstić information content (AvgIpc) is 2.61. The van der Waals surface area contributed by atoms with Gasteiger partial charge in [0.2, 0.25) is 0 Å². The molecular weight excluding hydrogens is 324 g/mol. The number of esters is 2. The molecule has 2 rings (SSSR count). The zero-order valence-corrected chi connectivity index (χ0v) is 15.1. The summed E-state index contributed by atoms with van der Waals surface area (Å²) in [4.78, 5) is 38.1. The Morgan fingerprint density at radius 1 is 1.16 bits per heavy atom. The number of carbonyl (C=O) groups excluding carboxylic acids is 3. The molecule has 0 N–H and O–H groups in total. The summed E-state index contributed by atoms with van der Waals surface area (Å²) in [5.41, 5.74) is -0.284. The van der Waals surface area contributed by atoms with Gasteiger partial charge < -0.3 is 14.2 Å². The molecule has 0 spiro atoms. The van der Waals surface area contributed by atoms with Gasteiger partial charge in [-0.2, -0.15) is 0 Å². The van der Waals surface area contributed by atoms with Gasteiger partial charge in [0.25, 0.3) is 0 Å². The molecule has 0 aromatic heterocycles. The second-order valence-corrected chi connectivity index (χ2v) is 6.12. The maximum absolute atomic E-state index is 13.0. The molecule has 0 radical (unpaired) electrons. The maximum Gasteiger partial charge on any atom is 0.323 e. The van der Waals surface area contributed by atoms with E-state index >= 15 is 0 Å². The molecule has 1 aromatic rings. The first-order valence-corrected chi connectivity index (χ1v) is 8.45. The van der Waals surface area contributed by atoms with Crippen molar-refractivity contribution in [3.05, 3.63) is 29.3 Å². The summed E-state index contributed by atoms with van der Waals surface area (Å²) in [5, 5.41) is 0. The number of Topliss-reactive ketones (excluding diaryl/α,β-unsaturated/α-hetero) is 1. The Hall–Kier alpha value is -2.37. The molecule has 6 nitrogen and oxygen atoms in total. The van der Waals surface area contributed by atoms with E-state index in [1.165, 1.54) is 6.92 Å². The SMILES string of the molecule is CCOC(=O)C(C)(C(=O)OCC)C1CCc2cc(OC)ccc2C1=O. The molecule has 0 aliphatic heterocycles. The summed E-state index contributed by atoms with van der Waals surface area (Å²) in [5.74, 6) is -1.82. The molecule has 1 aromatic carbocycles. The van der Waals surface area contributed by atoms with Crippen LogP contribution in [0.5, 0.6) is 5.75 Å². The highest BCUT2D eigenvalue weighted by Gasteiger charge is 2.54. The van der Waals surface area contributed by atoms with E-state index in [1.54, 1.807) is 33.1 Å². The molecule has 1 atom stereocenters. The molecule has 136 valence electrons. The molecule has 1 aliphatic rings. The number of carbonyl (C=O) groups is 3. The third-order valence-corrected chi connectivity index (χ3v) is 4.69. The number of ketones is 1. The van der Waals surface area contributed by atoms with Gasteiger partial charge >= 0.3 is 11.9 Å². The van der Waals surface area contributed by atoms with Crippen LogP contribution in [0.1, 0.15) is 43.1 Å². The van der Waals surface area contributed by atoms with Crippen molar-refractivity contribution in [2.24, 2.45) is 11.3 Å². The van der Waals surface area contributed by atoms with Gasteiger partial charge in [0.1, 0.15) is 5.75 Å². The smallest absolute Gasteiger partial charge is 0.323 e. The minimum absolute atomic E-state index is 0.128. The van der Waals surface area contributed by atoms with Crippen LogP contribution in [0.25, 0.3) is 0 Å². The highest BCUT2D eigenvalue weighted by atomic mass is 16.6. The number of rotatable bonds is 6. The molecule has 0 saturated heterocycles. The van der Waals surface area contributed by atoms with Crippen molar-refractivity contribution in [3.8, 4) is 5.75 Å². The standard InChI is InChI=1S/C19H24O6/c1-5-24-17(21)19(3,18(22)25-6-2)15-10-7-12-11-13(23-4)8-9-14(12)16(15)20/h8-9,11,15H,5-7,10H2,1-4H3. The number of aryl methyl sites for hydroxylation is 1.